The van der Waals surface area contributed by atoms with Crippen LogP contribution >= 0.6 is 0 Å². The number of methoxy groups -OCH3 is 1. The summed E-state index contributed by atoms with van der Waals surface area (Å²) >= 11 is 0. The van der Waals surface area contributed by atoms with Gasteiger partial charge in [0.05, 0.1) is 18.7 Å². The molecule has 10 nitrogen and oxygen atoms in total. The van der Waals surface area contributed by atoms with Crippen molar-refractivity contribution in [3.63, 3.8) is 0 Å². The summed E-state index contributed by atoms with van der Waals surface area (Å²) in [6.45, 7) is 2.25. The molecule has 1 aliphatic heterocycles. The average molecular weight is 496 g/mol. The zero-order valence-corrected chi connectivity index (χ0v) is 20.4. The van der Waals surface area contributed by atoms with Crippen molar-refractivity contribution < 1.29 is 14.3 Å². The molecule has 2 amide bonds. The van der Waals surface area contributed by atoms with Gasteiger partial charge in [-0.15, -0.1) is 0 Å². The summed E-state index contributed by atoms with van der Waals surface area (Å²) in [5.74, 6) is 6.53. The van der Waals surface area contributed by atoms with Crippen LogP contribution in [0.2, 0.25) is 0 Å². The van der Waals surface area contributed by atoms with Crippen molar-refractivity contribution in [2.75, 3.05) is 24.7 Å². The van der Waals surface area contributed by atoms with Crippen LogP contribution in [0.25, 0.3) is 16.8 Å². The summed E-state index contributed by atoms with van der Waals surface area (Å²) in [6, 6.07) is 10.2. The minimum Gasteiger partial charge on any atom is -0.496 e. The first kappa shape index (κ1) is 23.8. The Kier molecular flexibility index (Phi) is 6.43. The predicted octanol–water partition coefficient (Wildman–Crippen LogP) is 3.32. The van der Waals surface area contributed by atoms with Crippen LogP contribution in [-0.2, 0) is 4.79 Å². The average Bonchev–Trinajstić information content (AvgIpc) is 3.55. The lowest BCUT2D eigenvalue weighted by Crippen LogP contribution is -2.30. The standard InChI is InChI=1S/C27H25N7O3/c1-3-7-22(35)33-14-6-8-19(33)26-32-23(24-25(28)30-13-15-34(24)26)17-10-11-18(20(16-17)37-2)27(36)31-21-9-4-5-12-29-21/h4-5,9-13,15-16,19H,6,8,14H2,1-2H3,(H2,28,30)(H,29,31,36). The van der Waals surface area contributed by atoms with Crippen molar-refractivity contribution in [2.45, 2.75) is 25.8 Å². The highest BCUT2D eigenvalue weighted by Crippen LogP contribution is 2.37. The minimum absolute atomic E-state index is 0.227. The number of nitrogens with one attached hydrogen (secondary N) is 1. The zero-order valence-electron chi connectivity index (χ0n) is 20.4. The van der Waals surface area contributed by atoms with Gasteiger partial charge >= 0.3 is 0 Å². The maximum atomic E-state index is 12.9. The van der Waals surface area contributed by atoms with E-state index in [-0.39, 0.29) is 17.9 Å². The molecule has 3 aromatic heterocycles. The van der Waals surface area contributed by atoms with E-state index < -0.39 is 0 Å². The van der Waals surface area contributed by atoms with Gasteiger partial charge in [0, 0.05) is 30.7 Å². The van der Waals surface area contributed by atoms with E-state index in [0.717, 1.165) is 12.8 Å². The SMILES string of the molecule is CC#CC(=O)N1CCCC1c1nc(-c2ccc(C(=O)Nc3ccccn3)c(OC)c2)c2c(N)nccn12. The molecule has 1 saturated heterocycles. The van der Waals surface area contributed by atoms with Gasteiger partial charge < -0.3 is 20.7 Å². The number of fused-ring (bicyclic) bond motifs is 1. The fourth-order valence-electron chi connectivity index (χ4n) is 4.63. The molecule has 0 radical (unpaired) electrons. The Morgan fingerprint density at radius 3 is 2.81 bits per heavy atom. The van der Waals surface area contributed by atoms with Gasteiger partial charge in [0.15, 0.2) is 0 Å². The van der Waals surface area contributed by atoms with Crippen LogP contribution in [0.15, 0.2) is 55.0 Å². The number of hydrogen-bond donors (Lipinski definition) is 2. The lowest BCUT2D eigenvalue weighted by atomic mass is 10.1. The van der Waals surface area contributed by atoms with E-state index in [1.54, 1.807) is 66.8 Å². The van der Waals surface area contributed by atoms with Gasteiger partial charge in [-0.3, -0.25) is 14.0 Å². The van der Waals surface area contributed by atoms with Gasteiger partial charge in [-0.1, -0.05) is 18.1 Å². The number of nitrogens with two attached hydrogens (primary N) is 1. The summed E-state index contributed by atoms with van der Waals surface area (Å²) in [7, 11) is 1.50. The molecule has 3 N–H and O–H groups in total. The van der Waals surface area contributed by atoms with E-state index in [9.17, 15) is 9.59 Å². The third kappa shape index (κ3) is 4.43. The highest BCUT2D eigenvalue weighted by atomic mass is 16.5. The zero-order chi connectivity index (χ0) is 25.9. The summed E-state index contributed by atoms with van der Waals surface area (Å²) in [5, 5.41) is 2.77. The molecular weight excluding hydrogens is 470 g/mol. The summed E-state index contributed by atoms with van der Waals surface area (Å²) < 4.78 is 7.44. The van der Waals surface area contributed by atoms with E-state index in [4.69, 9.17) is 15.5 Å². The quantitative estimate of drug-likeness (QED) is 0.407. The van der Waals surface area contributed by atoms with Gasteiger partial charge in [0.25, 0.3) is 11.8 Å². The Balaban J connectivity index is 1.57. The normalized spacial score (nSPS) is 14.8. The maximum absolute atomic E-state index is 12.9. The monoisotopic (exact) mass is 495 g/mol. The Bertz CT molecular complexity index is 1550. The molecule has 4 heterocycles. The van der Waals surface area contributed by atoms with Crippen LogP contribution < -0.4 is 15.8 Å². The van der Waals surface area contributed by atoms with Crippen LogP contribution in [-0.4, -0.2) is 49.7 Å². The number of carbonyl (C=O) groups excluding carboxylic acids is 2. The number of pyridine rings is 1. The largest absolute Gasteiger partial charge is 0.496 e. The molecule has 1 aromatic carbocycles. The topological polar surface area (TPSA) is 128 Å². The molecule has 0 aliphatic carbocycles. The van der Waals surface area contributed by atoms with Crippen LogP contribution in [0, 0.1) is 11.8 Å². The lowest BCUT2D eigenvalue weighted by molar-refractivity contribution is -0.126. The molecule has 37 heavy (non-hydrogen) atoms. The van der Waals surface area contributed by atoms with Crippen LogP contribution in [0.5, 0.6) is 5.75 Å². The first-order chi connectivity index (χ1) is 18.0. The number of amides is 2. The number of aromatic nitrogens is 4. The highest BCUT2D eigenvalue weighted by Gasteiger charge is 2.33. The molecule has 186 valence electrons. The Morgan fingerprint density at radius 1 is 1.19 bits per heavy atom. The van der Waals surface area contributed by atoms with Gasteiger partial charge in [-0.05, 0) is 50.0 Å². The number of nitrogens with zero attached hydrogens (tertiary/aromatic N) is 5. The maximum Gasteiger partial charge on any atom is 0.299 e. The Labute approximate surface area is 213 Å². The Morgan fingerprint density at radius 2 is 2.05 bits per heavy atom. The Hall–Kier alpha value is -4.91. The van der Waals surface area contributed by atoms with E-state index in [1.165, 1.54) is 7.11 Å². The highest BCUT2D eigenvalue weighted by molar-refractivity contribution is 6.06. The van der Waals surface area contributed by atoms with Crippen molar-refractivity contribution in [1.82, 2.24) is 24.3 Å². The van der Waals surface area contributed by atoms with E-state index in [0.29, 0.717) is 52.1 Å². The second-order valence-corrected chi connectivity index (χ2v) is 8.47. The van der Waals surface area contributed by atoms with E-state index in [2.05, 4.69) is 27.1 Å². The number of anilines is 2. The summed E-state index contributed by atoms with van der Waals surface area (Å²) in [4.78, 5) is 40.6. The minimum atomic E-state index is -0.351. The van der Waals surface area contributed by atoms with E-state index >= 15 is 0 Å². The van der Waals surface area contributed by atoms with E-state index in [1.807, 2.05) is 4.40 Å². The van der Waals surface area contributed by atoms with Gasteiger partial charge in [0.2, 0.25) is 0 Å². The first-order valence-electron chi connectivity index (χ1n) is 11.8. The number of imidazole rings is 1. The van der Waals surface area contributed by atoms with Crippen LogP contribution in [0.4, 0.5) is 11.6 Å². The third-order valence-electron chi connectivity index (χ3n) is 6.28. The molecule has 10 heteroatoms. The molecule has 1 atom stereocenters. The number of nitrogen functional groups attached to an aromatic ring is 1. The van der Waals surface area contributed by atoms with Crippen molar-refractivity contribution in [3.05, 3.63) is 66.4 Å². The van der Waals surface area contributed by atoms with Crippen molar-refractivity contribution in [1.29, 1.82) is 0 Å². The number of rotatable bonds is 5. The van der Waals surface area contributed by atoms with Crippen molar-refractivity contribution >= 4 is 29.0 Å². The number of ether oxygens (including phenoxy) is 1. The second kappa shape index (κ2) is 9.99. The van der Waals surface area contributed by atoms with Crippen LogP contribution in [0.1, 0.15) is 42.0 Å². The van der Waals surface area contributed by atoms with Gasteiger partial charge in [-0.2, -0.15) is 0 Å². The lowest BCUT2D eigenvalue weighted by Gasteiger charge is -2.21. The number of benzene rings is 1. The first-order valence-corrected chi connectivity index (χ1v) is 11.8. The van der Waals surface area contributed by atoms with Crippen molar-refractivity contribution in [3.8, 4) is 28.8 Å². The predicted molar refractivity (Wildman–Crippen MR) is 139 cm³/mol. The van der Waals surface area contributed by atoms with Crippen molar-refractivity contribution in [2.24, 2.45) is 0 Å². The molecule has 4 aromatic rings. The molecule has 0 saturated carbocycles. The third-order valence-corrected chi connectivity index (χ3v) is 6.28. The molecule has 5 rings (SSSR count). The fourth-order valence-corrected chi connectivity index (χ4v) is 4.63. The molecule has 1 aliphatic rings. The number of carbonyl (C=O) groups is 2. The summed E-state index contributed by atoms with van der Waals surface area (Å²) in [6.07, 6.45) is 6.60. The molecule has 1 unspecified atom stereocenters. The summed E-state index contributed by atoms with van der Waals surface area (Å²) in [5.41, 5.74) is 8.54. The second-order valence-electron chi connectivity index (χ2n) is 8.47. The molecule has 0 spiro atoms. The van der Waals surface area contributed by atoms with Gasteiger partial charge in [0.1, 0.15) is 34.4 Å². The number of hydrogen-bond acceptors (Lipinski definition) is 7. The molecular formula is C27H25N7O3. The van der Waals surface area contributed by atoms with Gasteiger partial charge in [-0.25, -0.2) is 15.0 Å². The fraction of sp³-hybridized carbons (Fsp3) is 0.222. The number of likely N-dealkylation sites (tertiary alicyclic amines) is 1. The smallest absolute Gasteiger partial charge is 0.299 e. The van der Waals surface area contributed by atoms with Crippen LogP contribution in [0.3, 0.4) is 0 Å². The molecule has 1 fully saturated rings. The molecule has 0 bridgehead atoms.